The number of para-hydroxylation sites is 1. The van der Waals surface area contributed by atoms with Crippen LogP contribution in [0.25, 0.3) is 71.6 Å². The minimum absolute atomic E-state index is 0.628. The largest absolute Gasteiger partial charge is 0.310 e. The maximum absolute atomic E-state index is 9.64. The van der Waals surface area contributed by atoms with Crippen LogP contribution in [0.3, 0.4) is 0 Å². The van der Waals surface area contributed by atoms with Crippen LogP contribution in [0.5, 0.6) is 0 Å². The summed E-state index contributed by atoms with van der Waals surface area (Å²) >= 11 is 0. The highest BCUT2D eigenvalue weighted by Gasteiger charge is 2.18. The molecule has 0 spiro atoms. The van der Waals surface area contributed by atoms with Gasteiger partial charge in [0.15, 0.2) is 0 Å². The van der Waals surface area contributed by atoms with Gasteiger partial charge >= 0.3 is 0 Å². The molecule has 10 rings (SSSR count). The third kappa shape index (κ3) is 5.78. The van der Waals surface area contributed by atoms with Gasteiger partial charge in [0.05, 0.1) is 22.7 Å². The van der Waals surface area contributed by atoms with Crippen molar-refractivity contribution in [1.29, 1.82) is 5.26 Å². The molecule has 3 nitrogen and oxygen atoms in total. The maximum atomic E-state index is 9.64. The summed E-state index contributed by atoms with van der Waals surface area (Å²) < 4.78 is 2.37. The first-order valence-corrected chi connectivity index (χ1v) is 18.9. The van der Waals surface area contributed by atoms with Crippen molar-refractivity contribution < 1.29 is 0 Å². The standard InChI is InChI=1S/C53H35N3/c54-36-37-24-29-43(30-25-37)55(44-31-26-40(27-32-44)48-22-10-17-41-16-9-21-47(53(41)48)39-14-5-2-6-15-39)45-18-11-19-46(35-45)56-51-23-8-7-20-49(51)50-34-42(28-33-52(50)56)38-12-3-1-4-13-38/h1-35H. The Bertz CT molecular complexity index is 3060. The summed E-state index contributed by atoms with van der Waals surface area (Å²) in [4.78, 5) is 2.27. The molecule has 0 bridgehead atoms. The highest BCUT2D eigenvalue weighted by molar-refractivity contribution is 6.11. The quantitative estimate of drug-likeness (QED) is 0.165. The number of benzene rings is 9. The van der Waals surface area contributed by atoms with Crippen molar-refractivity contribution in [2.75, 3.05) is 4.90 Å². The van der Waals surface area contributed by atoms with Crippen LogP contribution < -0.4 is 4.90 Å². The Labute approximate surface area is 326 Å². The summed E-state index contributed by atoms with van der Waals surface area (Å²) in [6.07, 6.45) is 0. The second kappa shape index (κ2) is 14.0. The van der Waals surface area contributed by atoms with E-state index in [9.17, 15) is 5.26 Å². The van der Waals surface area contributed by atoms with Gasteiger partial charge in [-0.1, -0.05) is 140 Å². The highest BCUT2D eigenvalue weighted by atomic mass is 15.1. The van der Waals surface area contributed by atoms with Crippen molar-refractivity contribution in [1.82, 2.24) is 4.57 Å². The van der Waals surface area contributed by atoms with Gasteiger partial charge in [0.2, 0.25) is 0 Å². The molecule has 0 N–H and O–H groups in total. The fourth-order valence-electron chi connectivity index (χ4n) is 8.19. The lowest BCUT2D eigenvalue weighted by atomic mass is 9.91. The van der Waals surface area contributed by atoms with E-state index >= 15 is 0 Å². The van der Waals surface area contributed by atoms with E-state index in [1.165, 1.54) is 49.4 Å². The molecule has 56 heavy (non-hydrogen) atoms. The van der Waals surface area contributed by atoms with E-state index in [0.717, 1.165) is 39.3 Å². The molecule has 10 aromatic rings. The lowest BCUT2D eigenvalue weighted by Gasteiger charge is -2.26. The van der Waals surface area contributed by atoms with Gasteiger partial charge in [-0.2, -0.15) is 5.26 Å². The Balaban J connectivity index is 1.10. The van der Waals surface area contributed by atoms with E-state index in [-0.39, 0.29) is 0 Å². The zero-order chi connectivity index (χ0) is 37.4. The molecule has 0 fully saturated rings. The van der Waals surface area contributed by atoms with Crippen molar-refractivity contribution in [2.24, 2.45) is 0 Å². The first kappa shape index (κ1) is 32.9. The average Bonchev–Trinajstić information content (AvgIpc) is 3.61. The topological polar surface area (TPSA) is 32.0 Å². The van der Waals surface area contributed by atoms with Crippen molar-refractivity contribution in [3.8, 4) is 45.1 Å². The normalized spacial score (nSPS) is 11.2. The van der Waals surface area contributed by atoms with Crippen molar-refractivity contribution in [3.63, 3.8) is 0 Å². The molecule has 0 amide bonds. The Morgan fingerprint density at radius 2 is 0.964 bits per heavy atom. The number of nitriles is 1. The Morgan fingerprint density at radius 3 is 1.66 bits per heavy atom. The van der Waals surface area contributed by atoms with Crippen LogP contribution in [0.1, 0.15) is 5.56 Å². The van der Waals surface area contributed by atoms with Crippen molar-refractivity contribution in [2.45, 2.75) is 0 Å². The summed E-state index contributed by atoms with van der Waals surface area (Å²) in [5.74, 6) is 0. The van der Waals surface area contributed by atoms with E-state index in [4.69, 9.17) is 0 Å². The number of hydrogen-bond donors (Lipinski definition) is 0. The molecule has 0 saturated heterocycles. The fraction of sp³-hybridized carbons (Fsp3) is 0. The molecule has 0 aliphatic rings. The van der Waals surface area contributed by atoms with Crippen LogP contribution in [0.15, 0.2) is 212 Å². The predicted molar refractivity (Wildman–Crippen MR) is 234 cm³/mol. The predicted octanol–water partition coefficient (Wildman–Crippen LogP) is 14.3. The summed E-state index contributed by atoms with van der Waals surface area (Å²) in [5.41, 5.74) is 14.2. The zero-order valence-corrected chi connectivity index (χ0v) is 30.5. The van der Waals surface area contributed by atoms with Crippen LogP contribution in [0.2, 0.25) is 0 Å². The highest BCUT2D eigenvalue weighted by Crippen LogP contribution is 2.41. The Morgan fingerprint density at radius 1 is 0.393 bits per heavy atom. The average molecular weight is 714 g/mol. The molecule has 3 heteroatoms. The first-order chi connectivity index (χ1) is 27.7. The van der Waals surface area contributed by atoms with Gasteiger partial charge in [0, 0.05) is 33.5 Å². The molecular formula is C53H35N3. The summed E-state index contributed by atoms with van der Waals surface area (Å²) in [7, 11) is 0. The molecule has 0 aliphatic carbocycles. The monoisotopic (exact) mass is 713 g/mol. The SMILES string of the molecule is N#Cc1ccc(N(c2ccc(-c3cccc4cccc(-c5ccccc5)c34)cc2)c2cccc(-n3c4ccccc4c4cc(-c5ccccc5)ccc43)c2)cc1. The summed E-state index contributed by atoms with van der Waals surface area (Å²) in [6.45, 7) is 0. The molecule has 0 radical (unpaired) electrons. The number of aromatic nitrogens is 1. The number of hydrogen-bond acceptors (Lipinski definition) is 2. The van der Waals surface area contributed by atoms with Crippen LogP contribution in [-0.4, -0.2) is 4.57 Å². The summed E-state index contributed by atoms with van der Waals surface area (Å²) in [6, 6.07) is 77.5. The molecule has 262 valence electrons. The summed E-state index contributed by atoms with van der Waals surface area (Å²) in [5, 5.41) is 14.5. The van der Waals surface area contributed by atoms with Crippen LogP contribution in [0.4, 0.5) is 17.1 Å². The van der Waals surface area contributed by atoms with Crippen LogP contribution >= 0.6 is 0 Å². The molecule has 9 aromatic carbocycles. The van der Waals surface area contributed by atoms with Gasteiger partial charge in [-0.15, -0.1) is 0 Å². The molecule has 1 heterocycles. The second-order valence-corrected chi connectivity index (χ2v) is 14.1. The minimum atomic E-state index is 0.628. The van der Waals surface area contributed by atoms with Crippen molar-refractivity contribution >= 4 is 49.6 Å². The molecule has 0 saturated carbocycles. The number of anilines is 3. The zero-order valence-electron chi connectivity index (χ0n) is 30.5. The van der Waals surface area contributed by atoms with Crippen LogP contribution in [0, 0.1) is 11.3 Å². The van der Waals surface area contributed by atoms with Gasteiger partial charge in [-0.25, -0.2) is 0 Å². The lowest BCUT2D eigenvalue weighted by molar-refractivity contribution is 1.17. The van der Waals surface area contributed by atoms with Gasteiger partial charge in [0.25, 0.3) is 0 Å². The Hall–Kier alpha value is -7.67. The number of rotatable bonds is 7. The van der Waals surface area contributed by atoms with Gasteiger partial charge in [-0.05, 0) is 117 Å². The third-order valence-corrected chi connectivity index (χ3v) is 10.8. The second-order valence-electron chi connectivity index (χ2n) is 14.1. The minimum Gasteiger partial charge on any atom is -0.310 e. The molecule has 0 aliphatic heterocycles. The first-order valence-electron chi connectivity index (χ1n) is 18.9. The molecule has 1 aromatic heterocycles. The Kier molecular flexibility index (Phi) is 8.21. The van der Waals surface area contributed by atoms with Gasteiger partial charge < -0.3 is 9.47 Å². The van der Waals surface area contributed by atoms with E-state index in [2.05, 4.69) is 204 Å². The molecule has 0 unspecified atom stereocenters. The maximum Gasteiger partial charge on any atom is 0.0991 e. The fourth-order valence-corrected chi connectivity index (χ4v) is 8.19. The smallest absolute Gasteiger partial charge is 0.0991 e. The van der Waals surface area contributed by atoms with E-state index in [1.54, 1.807) is 0 Å². The van der Waals surface area contributed by atoms with Crippen molar-refractivity contribution in [3.05, 3.63) is 218 Å². The van der Waals surface area contributed by atoms with Gasteiger partial charge in [0.1, 0.15) is 0 Å². The van der Waals surface area contributed by atoms with E-state index in [0.29, 0.717) is 5.56 Å². The lowest BCUT2D eigenvalue weighted by Crippen LogP contribution is -2.10. The molecule has 0 atom stereocenters. The number of fused-ring (bicyclic) bond motifs is 4. The number of nitrogens with zero attached hydrogens (tertiary/aromatic N) is 3. The molecular weight excluding hydrogens is 679 g/mol. The van der Waals surface area contributed by atoms with Crippen LogP contribution in [-0.2, 0) is 0 Å². The van der Waals surface area contributed by atoms with E-state index in [1.807, 2.05) is 24.3 Å². The third-order valence-electron chi connectivity index (χ3n) is 10.8. The van der Waals surface area contributed by atoms with E-state index < -0.39 is 0 Å². The van der Waals surface area contributed by atoms with Gasteiger partial charge in [-0.3, -0.25) is 0 Å².